The van der Waals surface area contributed by atoms with Crippen LogP contribution in [0.5, 0.6) is 0 Å². The molecule has 3 aromatic rings. The van der Waals surface area contributed by atoms with Gasteiger partial charge in [0.05, 0.1) is 10.6 Å². The lowest BCUT2D eigenvalue weighted by molar-refractivity contribution is -0.133. The molecule has 0 fully saturated rings. The molecule has 0 aliphatic rings. The maximum atomic E-state index is 10.8. The predicted octanol–water partition coefficient (Wildman–Crippen LogP) is 1.91. The molecule has 0 aliphatic carbocycles. The van der Waals surface area contributed by atoms with Gasteiger partial charge >= 0.3 is 5.97 Å². The molecule has 0 bridgehead atoms. The molecule has 0 aliphatic heterocycles. The summed E-state index contributed by atoms with van der Waals surface area (Å²) >= 11 is 2.67. The standard InChI is InChI=1S/C12H11N5O2S2/c1-16-5-4-9(15-16)17-11(8-3-2-6-20-8)13-14-12(17)21-7-10(18)19/h2-6H,7H2,1H3,(H,18,19). The molecule has 0 unspecified atom stereocenters. The molecule has 0 saturated heterocycles. The lowest BCUT2D eigenvalue weighted by Gasteiger charge is -2.05. The maximum absolute atomic E-state index is 10.8. The number of aromatic nitrogens is 5. The minimum atomic E-state index is -0.895. The van der Waals surface area contributed by atoms with Crippen molar-refractivity contribution in [3.8, 4) is 16.5 Å². The van der Waals surface area contributed by atoms with Crippen molar-refractivity contribution < 1.29 is 9.90 Å². The van der Waals surface area contributed by atoms with Gasteiger partial charge in [-0.05, 0) is 11.4 Å². The van der Waals surface area contributed by atoms with E-state index in [1.165, 1.54) is 0 Å². The van der Waals surface area contributed by atoms with Crippen molar-refractivity contribution in [1.82, 2.24) is 24.5 Å². The maximum Gasteiger partial charge on any atom is 0.313 e. The van der Waals surface area contributed by atoms with Gasteiger partial charge < -0.3 is 5.11 Å². The van der Waals surface area contributed by atoms with Crippen LogP contribution in [0, 0.1) is 0 Å². The first-order chi connectivity index (χ1) is 10.1. The zero-order chi connectivity index (χ0) is 14.8. The fourth-order valence-electron chi connectivity index (χ4n) is 1.78. The fraction of sp³-hybridized carbons (Fsp3) is 0.167. The first-order valence-corrected chi connectivity index (χ1v) is 7.85. The van der Waals surface area contributed by atoms with Gasteiger partial charge in [-0.2, -0.15) is 5.10 Å². The van der Waals surface area contributed by atoms with Gasteiger partial charge in [0.25, 0.3) is 0 Å². The van der Waals surface area contributed by atoms with Crippen LogP contribution in [-0.2, 0) is 11.8 Å². The second-order valence-corrected chi connectivity index (χ2v) is 6.04. The first-order valence-electron chi connectivity index (χ1n) is 5.99. The number of rotatable bonds is 5. The van der Waals surface area contributed by atoms with Crippen LogP contribution in [0.3, 0.4) is 0 Å². The van der Waals surface area contributed by atoms with Gasteiger partial charge in [0.1, 0.15) is 0 Å². The molecule has 0 spiro atoms. The molecule has 21 heavy (non-hydrogen) atoms. The van der Waals surface area contributed by atoms with Crippen LogP contribution < -0.4 is 0 Å². The van der Waals surface area contributed by atoms with Crippen LogP contribution >= 0.6 is 23.1 Å². The molecule has 9 heteroatoms. The van der Waals surface area contributed by atoms with E-state index in [9.17, 15) is 4.79 Å². The normalized spacial score (nSPS) is 10.9. The molecule has 108 valence electrons. The molecule has 3 heterocycles. The SMILES string of the molecule is Cn1ccc(-n2c(SCC(=O)O)nnc2-c2cccs2)n1. The van der Waals surface area contributed by atoms with Gasteiger partial charge in [-0.1, -0.05) is 17.8 Å². The monoisotopic (exact) mass is 321 g/mol. The summed E-state index contributed by atoms with van der Waals surface area (Å²) in [5, 5.41) is 23.9. The fourth-order valence-corrected chi connectivity index (χ4v) is 3.14. The molecule has 3 aromatic heterocycles. The van der Waals surface area contributed by atoms with Gasteiger partial charge in [-0.15, -0.1) is 21.5 Å². The Morgan fingerprint density at radius 3 is 2.90 bits per heavy atom. The van der Waals surface area contributed by atoms with E-state index in [1.807, 2.05) is 36.8 Å². The second-order valence-electron chi connectivity index (χ2n) is 4.15. The zero-order valence-corrected chi connectivity index (χ0v) is 12.6. The van der Waals surface area contributed by atoms with Gasteiger partial charge in [-0.25, -0.2) is 0 Å². The number of nitrogens with zero attached hydrogens (tertiary/aromatic N) is 5. The number of carbonyl (C=O) groups is 1. The smallest absolute Gasteiger partial charge is 0.313 e. The van der Waals surface area contributed by atoms with E-state index in [2.05, 4.69) is 15.3 Å². The summed E-state index contributed by atoms with van der Waals surface area (Å²) in [6.07, 6.45) is 1.82. The van der Waals surface area contributed by atoms with E-state index in [-0.39, 0.29) is 5.75 Å². The summed E-state index contributed by atoms with van der Waals surface area (Å²) in [4.78, 5) is 11.7. The predicted molar refractivity (Wildman–Crippen MR) is 79.8 cm³/mol. The number of hydrogen-bond acceptors (Lipinski definition) is 6. The van der Waals surface area contributed by atoms with E-state index in [4.69, 9.17) is 5.11 Å². The van der Waals surface area contributed by atoms with E-state index < -0.39 is 5.97 Å². The number of carboxylic acid groups (broad SMARTS) is 1. The van der Waals surface area contributed by atoms with Gasteiger partial charge in [0, 0.05) is 19.3 Å². The van der Waals surface area contributed by atoms with Crippen LogP contribution in [0.4, 0.5) is 0 Å². The van der Waals surface area contributed by atoms with Crippen LogP contribution in [-0.4, -0.2) is 41.4 Å². The van der Waals surface area contributed by atoms with Crippen molar-refractivity contribution in [1.29, 1.82) is 0 Å². The highest BCUT2D eigenvalue weighted by atomic mass is 32.2. The van der Waals surface area contributed by atoms with Crippen molar-refractivity contribution in [2.45, 2.75) is 5.16 Å². The number of thiophene rings is 1. The Labute approximate surface area is 128 Å². The number of hydrogen-bond donors (Lipinski definition) is 1. The Hall–Kier alpha value is -2.13. The lowest BCUT2D eigenvalue weighted by Crippen LogP contribution is -2.04. The van der Waals surface area contributed by atoms with E-state index in [0.29, 0.717) is 16.8 Å². The zero-order valence-electron chi connectivity index (χ0n) is 11.0. The van der Waals surface area contributed by atoms with Crippen LogP contribution in [0.1, 0.15) is 0 Å². The Bertz CT molecular complexity index is 763. The minimum absolute atomic E-state index is 0.0740. The Morgan fingerprint density at radius 1 is 1.43 bits per heavy atom. The number of aryl methyl sites for hydroxylation is 1. The third kappa shape index (κ3) is 2.83. The van der Waals surface area contributed by atoms with Gasteiger partial charge in [0.15, 0.2) is 16.8 Å². The summed E-state index contributed by atoms with van der Waals surface area (Å²) in [6.45, 7) is 0. The number of thioether (sulfide) groups is 1. The highest BCUT2D eigenvalue weighted by Crippen LogP contribution is 2.29. The summed E-state index contributed by atoms with van der Waals surface area (Å²) in [5.41, 5.74) is 0. The van der Waals surface area contributed by atoms with Crippen molar-refractivity contribution in [2.75, 3.05) is 5.75 Å². The molecule has 3 rings (SSSR count). The molecular formula is C12H11N5O2S2. The van der Waals surface area contributed by atoms with Crippen LogP contribution in [0.25, 0.3) is 16.5 Å². The highest BCUT2D eigenvalue weighted by molar-refractivity contribution is 7.99. The van der Waals surface area contributed by atoms with Gasteiger partial charge in [0.2, 0.25) is 0 Å². The van der Waals surface area contributed by atoms with E-state index in [1.54, 1.807) is 20.6 Å². The summed E-state index contributed by atoms with van der Waals surface area (Å²) < 4.78 is 3.46. The van der Waals surface area contributed by atoms with Crippen molar-refractivity contribution in [3.63, 3.8) is 0 Å². The molecule has 7 nitrogen and oxygen atoms in total. The third-order valence-corrected chi connectivity index (χ3v) is 4.41. The van der Waals surface area contributed by atoms with E-state index >= 15 is 0 Å². The Balaban J connectivity index is 2.07. The summed E-state index contributed by atoms with van der Waals surface area (Å²) in [5.74, 6) is 0.360. The van der Waals surface area contributed by atoms with Crippen LogP contribution in [0.15, 0.2) is 34.9 Å². The van der Waals surface area contributed by atoms with Crippen molar-refractivity contribution in [3.05, 3.63) is 29.8 Å². The quantitative estimate of drug-likeness (QED) is 0.722. The van der Waals surface area contributed by atoms with Gasteiger partial charge in [-0.3, -0.25) is 14.0 Å². The number of carboxylic acids is 1. The Kier molecular flexibility index (Phi) is 3.76. The topological polar surface area (TPSA) is 85.8 Å². The second kappa shape index (κ2) is 5.70. The molecule has 0 atom stereocenters. The largest absolute Gasteiger partial charge is 0.481 e. The molecule has 0 aromatic carbocycles. The minimum Gasteiger partial charge on any atom is -0.481 e. The van der Waals surface area contributed by atoms with Crippen LogP contribution in [0.2, 0.25) is 0 Å². The molecule has 0 amide bonds. The Morgan fingerprint density at radius 2 is 2.29 bits per heavy atom. The lowest BCUT2D eigenvalue weighted by atomic mass is 10.4. The molecule has 0 radical (unpaired) electrons. The highest BCUT2D eigenvalue weighted by Gasteiger charge is 2.19. The molecule has 0 saturated carbocycles. The third-order valence-electron chi connectivity index (χ3n) is 2.63. The average Bonchev–Trinajstić information content (AvgIpc) is 3.15. The molecular weight excluding hydrogens is 310 g/mol. The van der Waals surface area contributed by atoms with E-state index in [0.717, 1.165) is 16.6 Å². The first kappa shape index (κ1) is 13.8. The number of aliphatic carboxylic acids is 1. The van der Waals surface area contributed by atoms with Crippen molar-refractivity contribution >= 4 is 29.1 Å². The average molecular weight is 321 g/mol. The summed E-state index contributed by atoms with van der Waals surface area (Å²) in [6, 6.07) is 5.71. The summed E-state index contributed by atoms with van der Waals surface area (Å²) in [7, 11) is 1.82. The molecule has 1 N–H and O–H groups in total. The van der Waals surface area contributed by atoms with Crippen molar-refractivity contribution in [2.24, 2.45) is 7.05 Å².